The zero-order valence-corrected chi connectivity index (χ0v) is 21.2. The van der Waals surface area contributed by atoms with Crippen molar-refractivity contribution in [3.8, 4) is 5.75 Å². The maximum Gasteiger partial charge on any atom is 0.295 e. The molecule has 0 saturated carbocycles. The minimum atomic E-state index is -0.661. The fourth-order valence-electron chi connectivity index (χ4n) is 4.16. The number of carbonyl (C=O) groups is 2. The van der Waals surface area contributed by atoms with Crippen LogP contribution in [0.2, 0.25) is 0 Å². The summed E-state index contributed by atoms with van der Waals surface area (Å²) in [6, 6.07) is 12.1. The van der Waals surface area contributed by atoms with Gasteiger partial charge in [0.15, 0.2) is 0 Å². The minimum absolute atomic E-state index is 0.116. The predicted octanol–water partition coefficient (Wildman–Crippen LogP) is 4.92. The van der Waals surface area contributed by atoms with Crippen molar-refractivity contribution in [3.05, 3.63) is 69.2 Å². The van der Waals surface area contributed by atoms with Crippen molar-refractivity contribution in [1.82, 2.24) is 9.80 Å². The van der Waals surface area contributed by atoms with Crippen LogP contribution in [0.3, 0.4) is 0 Å². The molecule has 0 aliphatic carbocycles. The number of ether oxygens (including phenoxy) is 1. The fraction of sp³-hybridized carbons (Fsp3) is 0.385. The largest absolute Gasteiger partial charge is 0.507 e. The van der Waals surface area contributed by atoms with Gasteiger partial charge in [0.05, 0.1) is 18.2 Å². The minimum Gasteiger partial charge on any atom is -0.507 e. The van der Waals surface area contributed by atoms with E-state index in [2.05, 4.69) is 34.7 Å². The third kappa shape index (κ3) is 5.31. The molecule has 3 rings (SSSR count). The number of carbonyl (C=O) groups excluding carboxylic acids is 2. The van der Waals surface area contributed by atoms with Gasteiger partial charge in [0.25, 0.3) is 11.7 Å². The number of rotatable bonds is 9. The van der Waals surface area contributed by atoms with Crippen molar-refractivity contribution in [2.75, 3.05) is 32.8 Å². The number of aryl methyl sites for hydroxylation is 1. The van der Waals surface area contributed by atoms with Crippen molar-refractivity contribution < 1.29 is 19.4 Å². The van der Waals surface area contributed by atoms with Crippen LogP contribution < -0.4 is 4.74 Å². The molecule has 2 aromatic rings. The lowest BCUT2D eigenvalue weighted by molar-refractivity contribution is -0.140. The van der Waals surface area contributed by atoms with Gasteiger partial charge in [-0.15, -0.1) is 0 Å². The monoisotopic (exact) mass is 514 g/mol. The van der Waals surface area contributed by atoms with Crippen LogP contribution in [0, 0.1) is 6.92 Å². The zero-order chi connectivity index (χ0) is 24.1. The maximum atomic E-state index is 13.2. The first-order chi connectivity index (χ1) is 15.8. The number of hydrogen-bond donors (Lipinski definition) is 1. The Kier molecular flexibility index (Phi) is 8.32. The zero-order valence-electron chi connectivity index (χ0n) is 19.6. The average Bonchev–Trinajstić information content (AvgIpc) is 3.06. The number of likely N-dealkylation sites (N-methyl/N-ethyl adjacent to an activating group) is 1. The van der Waals surface area contributed by atoms with Gasteiger partial charge in [-0.25, -0.2) is 0 Å². The number of amides is 1. The molecule has 1 aliphatic rings. The molecule has 1 unspecified atom stereocenters. The summed E-state index contributed by atoms with van der Waals surface area (Å²) >= 11 is 3.44. The van der Waals surface area contributed by atoms with E-state index in [4.69, 9.17) is 4.74 Å². The molecule has 2 aromatic carbocycles. The number of aliphatic hydroxyl groups is 1. The predicted molar refractivity (Wildman–Crippen MR) is 133 cm³/mol. The van der Waals surface area contributed by atoms with Crippen LogP contribution in [0.25, 0.3) is 5.76 Å². The van der Waals surface area contributed by atoms with E-state index >= 15 is 0 Å². The van der Waals surface area contributed by atoms with Gasteiger partial charge >= 0.3 is 0 Å². The van der Waals surface area contributed by atoms with Gasteiger partial charge in [0.2, 0.25) is 0 Å². The van der Waals surface area contributed by atoms with Gasteiger partial charge in [0.1, 0.15) is 11.5 Å². The summed E-state index contributed by atoms with van der Waals surface area (Å²) in [4.78, 5) is 30.0. The van der Waals surface area contributed by atoms with Gasteiger partial charge in [-0.2, -0.15) is 0 Å². The lowest BCUT2D eigenvalue weighted by Crippen LogP contribution is -2.38. The van der Waals surface area contributed by atoms with Crippen molar-refractivity contribution >= 4 is 33.4 Å². The molecule has 1 fully saturated rings. The summed E-state index contributed by atoms with van der Waals surface area (Å²) in [5, 5.41) is 11.2. The van der Waals surface area contributed by atoms with E-state index in [0.29, 0.717) is 25.3 Å². The molecule has 0 spiro atoms. The van der Waals surface area contributed by atoms with Crippen LogP contribution in [0.5, 0.6) is 5.75 Å². The lowest BCUT2D eigenvalue weighted by Gasteiger charge is -2.28. The van der Waals surface area contributed by atoms with Crippen molar-refractivity contribution in [2.24, 2.45) is 0 Å². The topological polar surface area (TPSA) is 70.1 Å². The number of hydrogen-bond acceptors (Lipinski definition) is 5. The molecule has 1 saturated heterocycles. The first-order valence-electron chi connectivity index (χ1n) is 11.3. The van der Waals surface area contributed by atoms with Crippen molar-refractivity contribution in [2.45, 2.75) is 33.7 Å². The second kappa shape index (κ2) is 11.0. The van der Waals surface area contributed by atoms with Crippen LogP contribution in [0.4, 0.5) is 0 Å². The Morgan fingerprint density at radius 2 is 1.76 bits per heavy atom. The normalized spacial score (nSPS) is 17.8. The molecule has 0 radical (unpaired) electrons. The van der Waals surface area contributed by atoms with E-state index in [1.54, 1.807) is 23.1 Å². The molecular formula is C26H31BrN2O4. The third-order valence-electron chi connectivity index (χ3n) is 6.03. The van der Waals surface area contributed by atoms with Crippen LogP contribution in [-0.4, -0.2) is 59.4 Å². The number of aliphatic hydroxyl groups excluding tert-OH is 1. The number of likely N-dealkylation sites (tertiary alicyclic amines) is 1. The Balaban J connectivity index is 2.09. The molecule has 0 bridgehead atoms. The summed E-state index contributed by atoms with van der Waals surface area (Å²) in [5.41, 5.74) is 2.23. The quantitative estimate of drug-likeness (QED) is 0.292. The van der Waals surface area contributed by atoms with Gasteiger partial charge in [-0.05, 0) is 68.4 Å². The standard InChI is InChI=1S/C26H31BrN2O4/c1-5-28(6-2)14-15-29-23(18-8-11-20(27)12-9-18)22(25(31)26(29)32)24(30)19-10-13-21(33-7-3)17(4)16-19/h8-13,16,23,30H,5-7,14-15H2,1-4H3/b24-22+. The van der Waals surface area contributed by atoms with E-state index < -0.39 is 17.7 Å². The Labute approximate surface area is 204 Å². The Hall–Kier alpha value is -2.64. The van der Waals surface area contributed by atoms with Crippen molar-refractivity contribution in [1.29, 1.82) is 0 Å². The van der Waals surface area contributed by atoms with Crippen LogP contribution in [0.15, 0.2) is 52.5 Å². The first kappa shape index (κ1) is 25.0. The summed E-state index contributed by atoms with van der Waals surface area (Å²) in [6.45, 7) is 11.2. The highest BCUT2D eigenvalue weighted by Crippen LogP contribution is 2.40. The van der Waals surface area contributed by atoms with E-state index in [1.807, 2.05) is 38.1 Å². The number of Topliss-reactive ketones (excluding diaryl/α,β-unsaturated/α-hetero) is 1. The molecule has 1 heterocycles. The SMILES string of the molecule is CCOc1ccc(/C(O)=C2\C(=O)C(=O)N(CCN(CC)CC)C2c2ccc(Br)cc2)cc1C. The van der Waals surface area contributed by atoms with Crippen LogP contribution in [-0.2, 0) is 9.59 Å². The highest BCUT2D eigenvalue weighted by atomic mass is 79.9. The molecule has 7 heteroatoms. The fourth-order valence-corrected chi connectivity index (χ4v) is 4.43. The summed E-state index contributed by atoms with van der Waals surface area (Å²) < 4.78 is 6.49. The van der Waals surface area contributed by atoms with E-state index in [-0.39, 0.29) is 11.3 Å². The number of nitrogens with zero attached hydrogens (tertiary/aromatic N) is 2. The molecular weight excluding hydrogens is 484 g/mol. The number of benzene rings is 2. The highest BCUT2D eigenvalue weighted by molar-refractivity contribution is 9.10. The van der Waals surface area contributed by atoms with E-state index in [0.717, 1.165) is 34.4 Å². The summed E-state index contributed by atoms with van der Waals surface area (Å²) in [6.07, 6.45) is 0. The Morgan fingerprint density at radius 3 is 2.33 bits per heavy atom. The molecule has 1 N–H and O–H groups in total. The lowest BCUT2D eigenvalue weighted by atomic mass is 9.95. The van der Waals surface area contributed by atoms with Crippen molar-refractivity contribution in [3.63, 3.8) is 0 Å². The Morgan fingerprint density at radius 1 is 1.09 bits per heavy atom. The number of halogens is 1. The molecule has 33 heavy (non-hydrogen) atoms. The highest BCUT2D eigenvalue weighted by Gasteiger charge is 2.45. The van der Waals surface area contributed by atoms with Crippen LogP contribution >= 0.6 is 15.9 Å². The molecule has 6 nitrogen and oxygen atoms in total. The van der Waals surface area contributed by atoms with Gasteiger partial charge in [0, 0.05) is 23.1 Å². The maximum absolute atomic E-state index is 13.2. The summed E-state index contributed by atoms with van der Waals surface area (Å²) in [5.74, 6) is -0.693. The second-order valence-electron chi connectivity index (χ2n) is 7.98. The molecule has 0 aromatic heterocycles. The molecule has 1 amide bonds. The third-order valence-corrected chi connectivity index (χ3v) is 6.55. The van der Waals surface area contributed by atoms with E-state index in [1.165, 1.54) is 0 Å². The molecule has 176 valence electrons. The molecule has 1 atom stereocenters. The molecule has 1 aliphatic heterocycles. The Bertz CT molecular complexity index is 1040. The van der Waals surface area contributed by atoms with Gasteiger partial charge in [-0.1, -0.05) is 41.9 Å². The van der Waals surface area contributed by atoms with Gasteiger partial charge < -0.3 is 19.6 Å². The van der Waals surface area contributed by atoms with E-state index in [9.17, 15) is 14.7 Å². The summed E-state index contributed by atoms with van der Waals surface area (Å²) in [7, 11) is 0. The van der Waals surface area contributed by atoms with Crippen LogP contribution in [0.1, 0.15) is 43.5 Å². The second-order valence-corrected chi connectivity index (χ2v) is 8.90. The van der Waals surface area contributed by atoms with Gasteiger partial charge in [-0.3, -0.25) is 9.59 Å². The number of ketones is 1. The smallest absolute Gasteiger partial charge is 0.295 e. The first-order valence-corrected chi connectivity index (χ1v) is 12.1. The average molecular weight is 515 g/mol.